The minimum atomic E-state index is -0.100. The topological polar surface area (TPSA) is 50.8 Å². The number of carbonyl (C=O) groups is 1. The second-order valence-electron chi connectivity index (χ2n) is 6.60. The summed E-state index contributed by atoms with van der Waals surface area (Å²) in [5, 5.41) is 3.19. The maximum atomic E-state index is 12.4. The molecule has 0 aliphatic carbocycles. The molecule has 0 atom stereocenters. The average molecular weight is 366 g/mol. The predicted molar refractivity (Wildman–Crippen MR) is 108 cm³/mol. The molecular formula is C22H26N2O3. The highest BCUT2D eigenvalue weighted by atomic mass is 16.5. The number of methoxy groups -OCH3 is 2. The second kappa shape index (κ2) is 9.24. The smallest absolute Gasteiger partial charge is 0.187 e. The molecule has 1 saturated heterocycles. The van der Waals surface area contributed by atoms with Crippen LogP contribution in [-0.2, 0) is 6.54 Å². The Labute approximate surface area is 160 Å². The van der Waals surface area contributed by atoms with Gasteiger partial charge in [-0.2, -0.15) is 0 Å². The SMILES string of the molecule is COc1ccc(C(=O)C=CNc2cccc(CN3CCCC3)c2)cc1OC. The van der Waals surface area contributed by atoms with Crippen molar-refractivity contribution in [2.24, 2.45) is 0 Å². The summed E-state index contributed by atoms with van der Waals surface area (Å²) in [6, 6.07) is 13.4. The molecule has 1 N–H and O–H groups in total. The van der Waals surface area contributed by atoms with E-state index in [0.717, 1.165) is 12.2 Å². The number of likely N-dealkylation sites (tertiary alicyclic amines) is 1. The number of hydrogen-bond donors (Lipinski definition) is 1. The second-order valence-corrected chi connectivity index (χ2v) is 6.60. The van der Waals surface area contributed by atoms with E-state index >= 15 is 0 Å². The van der Waals surface area contributed by atoms with Crippen LogP contribution < -0.4 is 14.8 Å². The van der Waals surface area contributed by atoms with Crippen LogP contribution in [0.15, 0.2) is 54.7 Å². The van der Waals surface area contributed by atoms with Gasteiger partial charge in [0.25, 0.3) is 0 Å². The minimum Gasteiger partial charge on any atom is -0.493 e. The Morgan fingerprint density at radius 1 is 1.07 bits per heavy atom. The Hall–Kier alpha value is -2.79. The van der Waals surface area contributed by atoms with E-state index in [1.807, 2.05) is 12.1 Å². The summed E-state index contributed by atoms with van der Waals surface area (Å²) in [5.74, 6) is 1.04. The van der Waals surface area contributed by atoms with E-state index in [1.165, 1.54) is 37.6 Å². The zero-order valence-corrected chi connectivity index (χ0v) is 15.9. The number of allylic oxidation sites excluding steroid dienone is 1. The lowest BCUT2D eigenvalue weighted by Gasteiger charge is -2.15. The van der Waals surface area contributed by atoms with Crippen LogP contribution in [-0.4, -0.2) is 38.0 Å². The van der Waals surface area contributed by atoms with Crippen molar-refractivity contribution >= 4 is 11.5 Å². The van der Waals surface area contributed by atoms with E-state index in [-0.39, 0.29) is 5.78 Å². The fourth-order valence-corrected chi connectivity index (χ4v) is 3.26. The van der Waals surface area contributed by atoms with Gasteiger partial charge in [0.15, 0.2) is 17.3 Å². The maximum absolute atomic E-state index is 12.4. The first-order valence-corrected chi connectivity index (χ1v) is 9.20. The van der Waals surface area contributed by atoms with Crippen LogP contribution >= 0.6 is 0 Å². The molecule has 2 aromatic rings. The Morgan fingerprint density at radius 2 is 1.85 bits per heavy atom. The van der Waals surface area contributed by atoms with E-state index in [2.05, 4.69) is 22.3 Å². The van der Waals surface area contributed by atoms with Crippen LogP contribution in [0.4, 0.5) is 5.69 Å². The van der Waals surface area contributed by atoms with Crippen LogP contribution in [0.5, 0.6) is 11.5 Å². The van der Waals surface area contributed by atoms with Gasteiger partial charge in [-0.25, -0.2) is 0 Å². The number of ketones is 1. The first-order valence-electron chi connectivity index (χ1n) is 9.20. The number of carbonyl (C=O) groups excluding carboxylic acids is 1. The van der Waals surface area contributed by atoms with Gasteiger partial charge in [0, 0.05) is 30.1 Å². The fourth-order valence-electron chi connectivity index (χ4n) is 3.26. The van der Waals surface area contributed by atoms with Gasteiger partial charge in [0.2, 0.25) is 0 Å². The summed E-state index contributed by atoms with van der Waals surface area (Å²) in [7, 11) is 3.12. The quantitative estimate of drug-likeness (QED) is 0.563. The van der Waals surface area contributed by atoms with E-state index in [1.54, 1.807) is 38.6 Å². The molecule has 3 rings (SSSR count). The van der Waals surface area contributed by atoms with Gasteiger partial charge in [-0.1, -0.05) is 12.1 Å². The van der Waals surface area contributed by atoms with Crippen LogP contribution in [0.1, 0.15) is 28.8 Å². The number of nitrogens with zero attached hydrogens (tertiary/aromatic N) is 1. The third-order valence-corrected chi connectivity index (χ3v) is 4.68. The summed E-state index contributed by atoms with van der Waals surface area (Å²) < 4.78 is 10.4. The Morgan fingerprint density at radius 3 is 2.59 bits per heavy atom. The van der Waals surface area contributed by atoms with Crippen molar-refractivity contribution in [3.8, 4) is 11.5 Å². The molecular weight excluding hydrogens is 340 g/mol. The molecule has 1 aliphatic rings. The van der Waals surface area contributed by atoms with E-state index in [0.29, 0.717) is 17.1 Å². The van der Waals surface area contributed by atoms with Crippen molar-refractivity contribution < 1.29 is 14.3 Å². The zero-order chi connectivity index (χ0) is 19.1. The third kappa shape index (κ3) is 5.11. The average Bonchev–Trinajstić information content (AvgIpc) is 3.20. The van der Waals surface area contributed by atoms with Gasteiger partial charge in [0.05, 0.1) is 14.2 Å². The number of anilines is 1. The summed E-state index contributed by atoms with van der Waals surface area (Å²) in [6.45, 7) is 3.33. The summed E-state index contributed by atoms with van der Waals surface area (Å²) in [6.07, 6.45) is 5.78. The highest BCUT2D eigenvalue weighted by Gasteiger charge is 2.11. The van der Waals surface area contributed by atoms with Crippen LogP contribution in [0.2, 0.25) is 0 Å². The van der Waals surface area contributed by atoms with Crippen molar-refractivity contribution in [3.63, 3.8) is 0 Å². The lowest BCUT2D eigenvalue weighted by molar-refractivity contribution is 0.104. The van der Waals surface area contributed by atoms with Gasteiger partial charge in [-0.3, -0.25) is 9.69 Å². The molecule has 5 heteroatoms. The lowest BCUT2D eigenvalue weighted by atomic mass is 10.1. The van der Waals surface area contributed by atoms with E-state index in [9.17, 15) is 4.79 Å². The first-order chi connectivity index (χ1) is 13.2. The van der Waals surface area contributed by atoms with E-state index in [4.69, 9.17) is 9.47 Å². The van der Waals surface area contributed by atoms with Crippen molar-refractivity contribution in [3.05, 3.63) is 65.9 Å². The lowest BCUT2D eigenvalue weighted by Crippen LogP contribution is -2.18. The standard InChI is InChI=1S/C22H26N2O3/c1-26-21-9-8-18(15-22(21)27-2)20(25)10-11-23-19-7-5-6-17(14-19)16-24-12-3-4-13-24/h5-11,14-15,23H,3-4,12-13,16H2,1-2H3. The highest BCUT2D eigenvalue weighted by molar-refractivity contribution is 6.05. The Bertz CT molecular complexity index is 811. The van der Waals surface area contributed by atoms with Crippen molar-refractivity contribution in [2.75, 3.05) is 32.6 Å². The van der Waals surface area contributed by atoms with Gasteiger partial charge in [-0.05, 0) is 61.8 Å². The van der Waals surface area contributed by atoms with Crippen LogP contribution in [0, 0.1) is 0 Å². The molecule has 0 aromatic heterocycles. The third-order valence-electron chi connectivity index (χ3n) is 4.68. The molecule has 1 aliphatic heterocycles. The molecule has 0 amide bonds. The molecule has 0 saturated carbocycles. The normalized spacial score (nSPS) is 14.4. The monoisotopic (exact) mass is 366 g/mol. The summed E-state index contributed by atoms with van der Waals surface area (Å²) in [5.41, 5.74) is 2.80. The molecule has 2 aromatic carbocycles. The van der Waals surface area contributed by atoms with Crippen molar-refractivity contribution in [1.82, 2.24) is 4.90 Å². The van der Waals surface area contributed by atoms with Crippen LogP contribution in [0.25, 0.3) is 0 Å². The number of hydrogen-bond acceptors (Lipinski definition) is 5. The largest absolute Gasteiger partial charge is 0.493 e. The highest BCUT2D eigenvalue weighted by Crippen LogP contribution is 2.27. The Balaban J connectivity index is 1.60. The summed E-state index contributed by atoms with van der Waals surface area (Å²) >= 11 is 0. The molecule has 1 heterocycles. The molecule has 0 bridgehead atoms. The molecule has 0 unspecified atom stereocenters. The number of nitrogens with one attached hydrogen (secondary N) is 1. The van der Waals surface area contributed by atoms with Gasteiger partial charge in [0.1, 0.15) is 0 Å². The van der Waals surface area contributed by atoms with Gasteiger partial charge >= 0.3 is 0 Å². The van der Waals surface area contributed by atoms with Crippen molar-refractivity contribution in [2.45, 2.75) is 19.4 Å². The maximum Gasteiger partial charge on any atom is 0.187 e. The predicted octanol–water partition coefficient (Wildman–Crippen LogP) is 4.11. The number of benzene rings is 2. The fraction of sp³-hybridized carbons (Fsp3) is 0.318. The number of ether oxygens (including phenoxy) is 2. The zero-order valence-electron chi connectivity index (χ0n) is 15.9. The van der Waals surface area contributed by atoms with Crippen LogP contribution in [0.3, 0.4) is 0 Å². The van der Waals surface area contributed by atoms with Gasteiger partial charge in [-0.15, -0.1) is 0 Å². The summed E-state index contributed by atoms with van der Waals surface area (Å²) in [4.78, 5) is 14.8. The van der Waals surface area contributed by atoms with Crippen molar-refractivity contribution in [1.29, 1.82) is 0 Å². The first kappa shape index (κ1) is 19.0. The minimum absolute atomic E-state index is 0.100. The van der Waals surface area contributed by atoms with Gasteiger partial charge < -0.3 is 14.8 Å². The Kier molecular flexibility index (Phi) is 6.49. The molecule has 1 fully saturated rings. The molecule has 0 radical (unpaired) electrons. The molecule has 142 valence electrons. The number of rotatable bonds is 8. The molecule has 27 heavy (non-hydrogen) atoms. The van der Waals surface area contributed by atoms with E-state index < -0.39 is 0 Å². The molecule has 5 nitrogen and oxygen atoms in total. The molecule has 0 spiro atoms.